The van der Waals surface area contributed by atoms with Gasteiger partial charge in [0.05, 0.1) is 6.10 Å². The molecule has 1 nitrogen and oxygen atoms in total. The first-order chi connectivity index (χ1) is 7.53. The number of hydrogen-bond donors (Lipinski definition) is 0. The quantitative estimate of drug-likeness (QED) is 0.698. The summed E-state index contributed by atoms with van der Waals surface area (Å²) in [6.07, 6.45) is 0.827. The lowest BCUT2D eigenvalue weighted by Crippen LogP contribution is -2.02. The van der Waals surface area contributed by atoms with Crippen molar-refractivity contribution in [2.75, 3.05) is 7.11 Å². The van der Waals surface area contributed by atoms with E-state index in [2.05, 4.69) is 44.7 Å². The molecule has 0 spiro atoms. The number of ether oxygens (including phenoxy) is 1. The lowest BCUT2D eigenvalue weighted by atomic mass is 9.97. The Hall–Kier alpha value is -1.26. The molecule has 1 aromatic rings. The third-order valence-electron chi connectivity index (χ3n) is 2.21. The first-order valence-corrected chi connectivity index (χ1v) is 5.61. The SMILES string of the molecule is COC(CC#CC(C)(C)C)c1ccccc1. The zero-order chi connectivity index (χ0) is 12.0. The van der Waals surface area contributed by atoms with Crippen LogP contribution in [0, 0.1) is 17.3 Å². The Kier molecular flexibility index (Phi) is 4.58. The molecule has 0 aliphatic heterocycles. The first kappa shape index (κ1) is 12.8. The Morgan fingerprint density at radius 2 is 1.81 bits per heavy atom. The summed E-state index contributed by atoms with van der Waals surface area (Å²) in [6.45, 7) is 6.35. The van der Waals surface area contributed by atoms with Crippen molar-refractivity contribution in [3.63, 3.8) is 0 Å². The zero-order valence-electron chi connectivity index (χ0n) is 10.6. The van der Waals surface area contributed by atoms with E-state index in [-0.39, 0.29) is 11.5 Å². The summed E-state index contributed by atoms with van der Waals surface area (Å²) in [4.78, 5) is 0. The molecular weight excluding hydrogens is 196 g/mol. The van der Waals surface area contributed by atoms with E-state index in [4.69, 9.17) is 4.74 Å². The summed E-state index contributed by atoms with van der Waals surface area (Å²) < 4.78 is 5.45. The lowest BCUT2D eigenvalue weighted by Gasteiger charge is -2.13. The van der Waals surface area contributed by atoms with Gasteiger partial charge in [0.2, 0.25) is 0 Å². The molecule has 0 fully saturated rings. The van der Waals surface area contributed by atoms with Crippen molar-refractivity contribution < 1.29 is 4.74 Å². The van der Waals surface area contributed by atoms with Gasteiger partial charge in [0.25, 0.3) is 0 Å². The average molecular weight is 216 g/mol. The second kappa shape index (κ2) is 5.72. The number of hydrogen-bond acceptors (Lipinski definition) is 1. The van der Waals surface area contributed by atoms with Crippen molar-refractivity contribution in [2.24, 2.45) is 5.41 Å². The van der Waals surface area contributed by atoms with E-state index in [0.29, 0.717) is 0 Å². The molecule has 1 atom stereocenters. The maximum atomic E-state index is 5.45. The van der Waals surface area contributed by atoms with E-state index >= 15 is 0 Å². The second-order valence-electron chi connectivity index (χ2n) is 4.89. The van der Waals surface area contributed by atoms with Gasteiger partial charge in [-0.3, -0.25) is 0 Å². The zero-order valence-corrected chi connectivity index (χ0v) is 10.6. The topological polar surface area (TPSA) is 9.23 Å². The third kappa shape index (κ3) is 4.51. The minimum atomic E-state index is 0.0645. The fourth-order valence-electron chi connectivity index (χ4n) is 1.41. The molecule has 1 aromatic carbocycles. The van der Waals surface area contributed by atoms with Crippen molar-refractivity contribution in [1.29, 1.82) is 0 Å². The van der Waals surface area contributed by atoms with E-state index < -0.39 is 0 Å². The van der Waals surface area contributed by atoms with E-state index in [1.807, 2.05) is 18.2 Å². The molecule has 1 unspecified atom stereocenters. The average Bonchev–Trinajstić information content (AvgIpc) is 2.24. The molecule has 0 amide bonds. The first-order valence-electron chi connectivity index (χ1n) is 5.61. The summed E-state index contributed by atoms with van der Waals surface area (Å²) >= 11 is 0. The van der Waals surface area contributed by atoms with Crippen molar-refractivity contribution in [3.8, 4) is 11.8 Å². The normalized spacial score (nSPS) is 12.8. The monoisotopic (exact) mass is 216 g/mol. The molecule has 0 saturated heterocycles. The predicted octanol–water partition coefficient (Wildman–Crippen LogP) is 3.81. The van der Waals surface area contributed by atoms with Crippen LogP contribution in [0.2, 0.25) is 0 Å². The smallest absolute Gasteiger partial charge is 0.0930 e. The Morgan fingerprint density at radius 3 is 2.31 bits per heavy atom. The molecule has 0 aliphatic carbocycles. The summed E-state index contributed by atoms with van der Waals surface area (Å²) in [6, 6.07) is 10.2. The highest BCUT2D eigenvalue weighted by Gasteiger charge is 2.08. The number of benzene rings is 1. The molecule has 1 heteroatoms. The summed E-state index contributed by atoms with van der Waals surface area (Å²) in [7, 11) is 1.73. The van der Waals surface area contributed by atoms with Gasteiger partial charge >= 0.3 is 0 Å². The van der Waals surface area contributed by atoms with Crippen LogP contribution in [-0.2, 0) is 4.74 Å². The maximum Gasteiger partial charge on any atom is 0.0930 e. The molecule has 0 bridgehead atoms. The molecule has 0 saturated carbocycles. The van der Waals surface area contributed by atoms with E-state index in [1.54, 1.807) is 7.11 Å². The van der Waals surface area contributed by atoms with Gasteiger partial charge in [-0.25, -0.2) is 0 Å². The highest BCUT2D eigenvalue weighted by molar-refractivity contribution is 5.20. The number of rotatable bonds is 3. The summed E-state index contributed by atoms with van der Waals surface area (Å²) in [5.41, 5.74) is 1.25. The lowest BCUT2D eigenvalue weighted by molar-refractivity contribution is 0.108. The van der Waals surface area contributed by atoms with Crippen molar-refractivity contribution >= 4 is 0 Å². The Labute approximate surface area is 98.8 Å². The van der Waals surface area contributed by atoms with Gasteiger partial charge in [0.15, 0.2) is 0 Å². The fourth-order valence-corrected chi connectivity index (χ4v) is 1.41. The fraction of sp³-hybridized carbons (Fsp3) is 0.467. The van der Waals surface area contributed by atoms with E-state index in [1.165, 1.54) is 5.56 Å². The molecule has 0 heterocycles. The van der Waals surface area contributed by atoms with Crippen molar-refractivity contribution in [3.05, 3.63) is 35.9 Å². The van der Waals surface area contributed by atoms with Gasteiger partial charge in [0.1, 0.15) is 0 Å². The van der Waals surface area contributed by atoms with Crippen molar-refractivity contribution in [2.45, 2.75) is 33.3 Å². The van der Waals surface area contributed by atoms with Crippen LogP contribution in [0.3, 0.4) is 0 Å². The van der Waals surface area contributed by atoms with Crippen LogP contribution in [0.1, 0.15) is 38.9 Å². The standard InChI is InChI=1S/C15H20O/c1-15(2,3)12-8-11-14(16-4)13-9-6-5-7-10-13/h5-7,9-10,14H,11H2,1-4H3. The van der Waals surface area contributed by atoms with Gasteiger partial charge in [-0.15, -0.1) is 0 Å². The second-order valence-corrected chi connectivity index (χ2v) is 4.89. The Bertz CT molecular complexity index is 362. The third-order valence-corrected chi connectivity index (χ3v) is 2.21. The van der Waals surface area contributed by atoms with Crippen LogP contribution in [0.25, 0.3) is 0 Å². The maximum absolute atomic E-state index is 5.45. The van der Waals surface area contributed by atoms with Crippen LogP contribution in [-0.4, -0.2) is 7.11 Å². The van der Waals surface area contributed by atoms with Gasteiger partial charge in [-0.05, 0) is 26.3 Å². The molecule has 0 radical (unpaired) electrons. The predicted molar refractivity (Wildman–Crippen MR) is 68.0 cm³/mol. The van der Waals surface area contributed by atoms with Crippen LogP contribution >= 0.6 is 0 Å². The molecule has 86 valence electrons. The largest absolute Gasteiger partial charge is 0.376 e. The molecule has 0 aromatic heterocycles. The minimum absolute atomic E-state index is 0.0645. The van der Waals surface area contributed by atoms with Crippen molar-refractivity contribution in [1.82, 2.24) is 0 Å². The van der Waals surface area contributed by atoms with Crippen LogP contribution < -0.4 is 0 Å². The van der Waals surface area contributed by atoms with Gasteiger partial charge < -0.3 is 4.74 Å². The highest BCUT2D eigenvalue weighted by Crippen LogP contribution is 2.19. The Morgan fingerprint density at radius 1 is 1.19 bits per heavy atom. The van der Waals surface area contributed by atoms with Crippen LogP contribution in [0.15, 0.2) is 30.3 Å². The molecule has 16 heavy (non-hydrogen) atoms. The molecule has 1 rings (SSSR count). The van der Waals surface area contributed by atoms with Crippen LogP contribution in [0.5, 0.6) is 0 Å². The Balaban J connectivity index is 2.66. The minimum Gasteiger partial charge on any atom is -0.376 e. The highest BCUT2D eigenvalue weighted by atomic mass is 16.5. The molecule has 0 N–H and O–H groups in total. The van der Waals surface area contributed by atoms with Crippen LogP contribution in [0.4, 0.5) is 0 Å². The van der Waals surface area contributed by atoms with Gasteiger partial charge in [-0.2, -0.15) is 0 Å². The van der Waals surface area contributed by atoms with Gasteiger partial charge in [-0.1, -0.05) is 42.2 Å². The number of methoxy groups -OCH3 is 1. The summed E-state index contributed by atoms with van der Waals surface area (Å²) in [5, 5.41) is 0. The molecule has 0 aliphatic rings. The van der Waals surface area contributed by atoms with Gasteiger partial charge in [0, 0.05) is 18.9 Å². The van der Waals surface area contributed by atoms with E-state index in [0.717, 1.165) is 6.42 Å². The summed E-state index contributed by atoms with van der Waals surface area (Å²) in [5.74, 6) is 6.43. The van der Waals surface area contributed by atoms with E-state index in [9.17, 15) is 0 Å². The molecular formula is C15H20O.